The maximum absolute atomic E-state index is 13.8. The topological polar surface area (TPSA) is 0 Å². The Labute approximate surface area is 131 Å². The van der Waals surface area contributed by atoms with Gasteiger partial charge in [-0.15, -0.1) is 23.2 Å². The molecule has 0 saturated carbocycles. The van der Waals surface area contributed by atoms with E-state index in [-0.39, 0.29) is 23.7 Å². The number of halogens is 5. The van der Waals surface area contributed by atoms with Crippen molar-refractivity contribution in [2.75, 3.05) is 11.8 Å². The number of hydrogen-bond acceptors (Lipinski definition) is 0. The molecule has 0 aromatic heterocycles. The first-order valence-corrected chi connectivity index (χ1v) is 7.40. The fraction of sp³-hybridized carbons (Fsp3) is 0.250. The molecule has 0 nitrogen and oxygen atoms in total. The van der Waals surface area contributed by atoms with E-state index in [1.54, 1.807) is 6.07 Å². The number of hydrogen-bond donors (Lipinski definition) is 0. The second kappa shape index (κ2) is 6.71. The molecule has 112 valence electrons. The van der Waals surface area contributed by atoms with Gasteiger partial charge in [-0.25, -0.2) is 13.2 Å². The summed E-state index contributed by atoms with van der Waals surface area (Å²) in [5.41, 5.74) is -0.507. The molecular formula is C16H13Cl2F3. The van der Waals surface area contributed by atoms with E-state index in [9.17, 15) is 13.2 Å². The molecule has 0 aliphatic heterocycles. The first-order valence-electron chi connectivity index (χ1n) is 6.33. The molecule has 5 heteroatoms. The van der Waals surface area contributed by atoms with E-state index in [1.165, 1.54) is 36.4 Å². The minimum atomic E-state index is -0.936. The van der Waals surface area contributed by atoms with Gasteiger partial charge in [0, 0.05) is 22.7 Å². The van der Waals surface area contributed by atoms with Gasteiger partial charge in [0.1, 0.15) is 17.5 Å². The predicted molar refractivity (Wildman–Crippen MR) is 79.6 cm³/mol. The van der Waals surface area contributed by atoms with Crippen molar-refractivity contribution in [1.29, 1.82) is 0 Å². The summed E-state index contributed by atoms with van der Waals surface area (Å²) in [7, 11) is 0. The molecule has 0 N–H and O–H groups in total. The van der Waals surface area contributed by atoms with Gasteiger partial charge in [-0.1, -0.05) is 18.2 Å². The van der Waals surface area contributed by atoms with Gasteiger partial charge in [-0.3, -0.25) is 0 Å². The molecule has 2 aromatic carbocycles. The Bertz CT molecular complexity index is 604. The molecule has 0 bridgehead atoms. The molecule has 0 amide bonds. The first kappa shape index (κ1) is 16.2. The Morgan fingerprint density at radius 1 is 0.857 bits per heavy atom. The maximum atomic E-state index is 13.8. The van der Waals surface area contributed by atoms with Gasteiger partial charge >= 0.3 is 0 Å². The highest BCUT2D eigenvalue weighted by Crippen LogP contribution is 2.33. The lowest BCUT2D eigenvalue weighted by Crippen LogP contribution is -2.34. The van der Waals surface area contributed by atoms with E-state index in [0.717, 1.165) is 0 Å². The van der Waals surface area contributed by atoms with Gasteiger partial charge in [0.2, 0.25) is 0 Å². The fourth-order valence-electron chi connectivity index (χ4n) is 2.24. The van der Waals surface area contributed by atoms with Gasteiger partial charge in [0.25, 0.3) is 0 Å². The number of benzene rings is 2. The molecule has 0 saturated heterocycles. The second-order valence-corrected chi connectivity index (χ2v) is 5.47. The quantitative estimate of drug-likeness (QED) is 0.671. The molecule has 0 radical (unpaired) electrons. The third-order valence-corrected chi connectivity index (χ3v) is 4.55. The SMILES string of the molecule is Fc1cccc(C(CCl)(CCl)Cc2c(F)cccc2F)c1. The summed E-state index contributed by atoms with van der Waals surface area (Å²) in [6.07, 6.45) is -0.0397. The second-order valence-electron chi connectivity index (χ2n) is 4.93. The highest BCUT2D eigenvalue weighted by molar-refractivity contribution is 6.22. The van der Waals surface area contributed by atoms with Crippen molar-refractivity contribution in [1.82, 2.24) is 0 Å². The molecule has 0 heterocycles. The largest absolute Gasteiger partial charge is 0.207 e. The summed E-state index contributed by atoms with van der Waals surface area (Å²) in [5.74, 6) is -1.72. The van der Waals surface area contributed by atoms with E-state index in [2.05, 4.69) is 0 Å². The highest BCUT2D eigenvalue weighted by Gasteiger charge is 2.33. The van der Waals surface area contributed by atoms with Crippen molar-refractivity contribution in [3.63, 3.8) is 0 Å². The zero-order valence-corrected chi connectivity index (χ0v) is 12.6. The van der Waals surface area contributed by atoms with Crippen LogP contribution in [-0.2, 0) is 11.8 Å². The number of rotatable bonds is 5. The smallest absolute Gasteiger partial charge is 0.129 e. The molecular weight excluding hydrogens is 320 g/mol. The molecule has 0 aliphatic rings. The summed E-state index contributed by atoms with van der Waals surface area (Å²) < 4.78 is 41.1. The molecule has 0 fully saturated rings. The van der Waals surface area contributed by atoms with Crippen molar-refractivity contribution in [2.45, 2.75) is 11.8 Å². The minimum absolute atomic E-state index is 0.0216. The average Bonchev–Trinajstić information content (AvgIpc) is 2.48. The molecule has 0 aliphatic carbocycles. The van der Waals surface area contributed by atoms with Crippen LogP contribution in [0.25, 0.3) is 0 Å². The normalized spacial score (nSPS) is 11.7. The standard InChI is InChI=1S/C16H13Cl2F3/c17-9-16(10-18,11-3-1-4-12(19)7-11)8-13-14(20)5-2-6-15(13)21/h1-7H,8-10H2. The Kier molecular flexibility index (Phi) is 5.17. The van der Waals surface area contributed by atoms with Crippen LogP contribution in [0.2, 0.25) is 0 Å². The Hall–Kier alpha value is -1.19. The average molecular weight is 333 g/mol. The molecule has 0 unspecified atom stereocenters. The van der Waals surface area contributed by atoms with Gasteiger partial charge < -0.3 is 0 Å². The van der Waals surface area contributed by atoms with Crippen LogP contribution >= 0.6 is 23.2 Å². The van der Waals surface area contributed by atoms with Crippen LogP contribution in [0, 0.1) is 17.5 Å². The van der Waals surface area contributed by atoms with Crippen LogP contribution in [0.5, 0.6) is 0 Å². The summed E-state index contributed by atoms with van der Waals surface area (Å²) in [6.45, 7) is 0. The Morgan fingerprint density at radius 2 is 1.43 bits per heavy atom. The van der Waals surface area contributed by atoms with E-state index < -0.39 is 22.9 Å². The molecule has 0 spiro atoms. The van der Waals surface area contributed by atoms with E-state index in [1.807, 2.05) is 0 Å². The summed E-state index contributed by atoms with van der Waals surface area (Å²) in [5, 5.41) is 0. The van der Waals surface area contributed by atoms with Crippen LogP contribution in [-0.4, -0.2) is 11.8 Å². The van der Waals surface area contributed by atoms with E-state index >= 15 is 0 Å². The fourth-order valence-corrected chi connectivity index (χ4v) is 3.03. The third-order valence-electron chi connectivity index (χ3n) is 3.53. The van der Waals surface area contributed by atoms with Gasteiger partial charge in [0.05, 0.1) is 0 Å². The zero-order valence-electron chi connectivity index (χ0n) is 11.1. The lowest BCUT2D eigenvalue weighted by atomic mass is 9.78. The van der Waals surface area contributed by atoms with Crippen LogP contribution in [0.15, 0.2) is 42.5 Å². The van der Waals surface area contributed by atoms with Crippen molar-refractivity contribution in [3.05, 3.63) is 71.0 Å². The zero-order chi connectivity index (χ0) is 15.5. The highest BCUT2D eigenvalue weighted by atomic mass is 35.5. The lowest BCUT2D eigenvalue weighted by Gasteiger charge is -2.30. The summed E-state index contributed by atoms with van der Waals surface area (Å²) in [4.78, 5) is 0. The third kappa shape index (κ3) is 3.35. The van der Waals surface area contributed by atoms with Crippen LogP contribution < -0.4 is 0 Å². The predicted octanol–water partition coefficient (Wildman–Crippen LogP) is 5.06. The summed E-state index contributed by atoms with van der Waals surface area (Å²) in [6, 6.07) is 9.42. The van der Waals surface area contributed by atoms with Gasteiger partial charge in [-0.2, -0.15) is 0 Å². The van der Waals surface area contributed by atoms with E-state index in [0.29, 0.717) is 5.56 Å². The lowest BCUT2D eigenvalue weighted by molar-refractivity contribution is 0.481. The Morgan fingerprint density at radius 3 is 1.95 bits per heavy atom. The minimum Gasteiger partial charge on any atom is -0.207 e. The molecule has 2 aromatic rings. The van der Waals surface area contributed by atoms with Crippen molar-refractivity contribution in [3.8, 4) is 0 Å². The first-order chi connectivity index (χ1) is 10.0. The Balaban J connectivity index is 2.48. The van der Waals surface area contributed by atoms with Crippen molar-refractivity contribution in [2.24, 2.45) is 0 Å². The van der Waals surface area contributed by atoms with Gasteiger partial charge in [-0.05, 0) is 36.2 Å². The molecule has 21 heavy (non-hydrogen) atoms. The van der Waals surface area contributed by atoms with E-state index in [4.69, 9.17) is 23.2 Å². The molecule has 2 rings (SSSR count). The van der Waals surface area contributed by atoms with Crippen LogP contribution in [0.4, 0.5) is 13.2 Å². The van der Waals surface area contributed by atoms with Crippen molar-refractivity contribution < 1.29 is 13.2 Å². The van der Waals surface area contributed by atoms with Gasteiger partial charge in [0.15, 0.2) is 0 Å². The maximum Gasteiger partial charge on any atom is 0.129 e. The monoisotopic (exact) mass is 332 g/mol. The van der Waals surface area contributed by atoms with Crippen LogP contribution in [0.3, 0.4) is 0 Å². The van der Waals surface area contributed by atoms with Crippen LogP contribution in [0.1, 0.15) is 11.1 Å². The number of alkyl halides is 2. The summed E-state index contributed by atoms with van der Waals surface area (Å²) >= 11 is 12.0. The van der Waals surface area contributed by atoms with Crippen molar-refractivity contribution >= 4 is 23.2 Å². The molecule has 0 atom stereocenters.